The summed E-state index contributed by atoms with van der Waals surface area (Å²) in [5, 5.41) is 5.85. The van der Waals surface area contributed by atoms with Crippen molar-refractivity contribution in [2.75, 3.05) is 26.7 Å². The van der Waals surface area contributed by atoms with Crippen LogP contribution in [0.2, 0.25) is 0 Å². The zero-order valence-corrected chi connectivity index (χ0v) is 15.8. The van der Waals surface area contributed by atoms with Crippen LogP contribution in [0.5, 0.6) is 0 Å². The number of carbonyl (C=O) groups is 2. The Morgan fingerprint density at radius 2 is 2.12 bits per heavy atom. The van der Waals surface area contributed by atoms with Crippen molar-refractivity contribution >= 4 is 23.2 Å². The average molecular weight is 353 g/mol. The lowest BCUT2D eigenvalue weighted by molar-refractivity contribution is -0.122. The molecule has 1 aliphatic rings. The number of likely N-dealkylation sites (N-methyl/N-ethyl adjacent to an activating group) is 1. The number of rotatable bonds is 7. The van der Waals surface area contributed by atoms with Gasteiger partial charge in [-0.2, -0.15) is 0 Å². The molecule has 1 fully saturated rings. The lowest BCUT2D eigenvalue weighted by Gasteiger charge is -2.23. The van der Waals surface area contributed by atoms with Crippen molar-refractivity contribution in [2.45, 2.75) is 39.7 Å². The molecule has 24 heavy (non-hydrogen) atoms. The summed E-state index contributed by atoms with van der Waals surface area (Å²) in [6, 6.07) is 0.115. The summed E-state index contributed by atoms with van der Waals surface area (Å²) in [5.41, 5.74) is 2.84. The van der Waals surface area contributed by atoms with Crippen LogP contribution >= 0.6 is 11.3 Å². The Balaban J connectivity index is 1.87. The van der Waals surface area contributed by atoms with Crippen LogP contribution in [-0.4, -0.2) is 54.4 Å². The minimum Gasteiger partial charge on any atom is -0.358 e. The van der Waals surface area contributed by atoms with Gasteiger partial charge in [0.05, 0.1) is 17.7 Å². The summed E-state index contributed by atoms with van der Waals surface area (Å²) >= 11 is 1.61. The van der Waals surface area contributed by atoms with Crippen molar-refractivity contribution in [3.05, 3.63) is 16.1 Å². The largest absolute Gasteiger partial charge is 0.358 e. The van der Waals surface area contributed by atoms with Gasteiger partial charge in [0, 0.05) is 37.5 Å². The molecule has 2 rings (SSSR count). The van der Waals surface area contributed by atoms with E-state index in [-0.39, 0.29) is 17.9 Å². The molecular formula is C17H28N4O2S. The topological polar surface area (TPSA) is 74.3 Å². The zero-order chi connectivity index (χ0) is 17.7. The van der Waals surface area contributed by atoms with E-state index in [0.717, 1.165) is 25.2 Å². The van der Waals surface area contributed by atoms with Gasteiger partial charge in [0.15, 0.2) is 0 Å². The summed E-state index contributed by atoms with van der Waals surface area (Å²) in [7, 11) is 1.65. The molecule has 2 heterocycles. The van der Waals surface area contributed by atoms with E-state index >= 15 is 0 Å². The fourth-order valence-electron chi connectivity index (χ4n) is 3.22. The molecule has 134 valence electrons. The fourth-order valence-corrected chi connectivity index (χ4v) is 4.01. The average Bonchev–Trinajstić information content (AvgIpc) is 3.11. The highest BCUT2D eigenvalue weighted by atomic mass is 32.1. The molecule has 1 aliphatic heterocycles. The normalized spacial score (nSPS) is 21.2. The number of thiazole rings is 1. The van der Waals surface area contributed by atoms with Crippen LogP contribution in [0.1, 0.15) is 30.8 Å². The van der Waals surface area contributed by atoms with Crippen LogP contribution in [-0.2, 0) is 16.0 Å². The quantitative estimate of drug-likeness (QED) is 0.773. The van der Waals surface area contributed by atoms with Crippen molar-refractivity contribution in [2.24, 2.45) is 11.8 Å². The van der Waals surface area contributed by atoms with Crippen LogP contribution in [0.25, 0.3) is 0 Å². The number of aryl methyl sites for hydroxylation is 2. The van der Waals surface area contributed by atoms with Crippen LogP contribution in [0, 0.1) is 18.8 Å². The molecule has 1 aromatic rings. The number of likely N-dealkylation sites (tertiary alicyclic amines) is 1. The first kappa shape index (κ1) is 18.9. The van der Waals surface area contributed by atoms with E-state index in [1.807, 2.05) is 12.4 Å². The van der Waals surface area contributed by atoms with Gasteiger partial charge in [-0.25, -0.2) is 4.98 Å². The molecule has 1 saturated heterocycles. The van der Waals surface area contributed by atoms with Crippen LogP contribution < -0.4 is 10.6 Å². The van der Waals surface area contributed by atoms with Gasteiger partial charge in [0.1, 0.15) is 0 Å². The number of amides is 2. The molecule has 2 atom stereocenters. The summed E-state index contributed by atoms with van der Waals surface area (Å²) in [4.78, 5) is 31.5. The Morgan fingerprint density at radius 1 is 1.38 bits per heavy atom. The molecule has 0 unspecified atom stereocenters. The highest BCUT2D eigenvalue weighted by Crippen LogP contribution is 2.24. The first-order valence-corrected chi connectivity index (χ1v) is 9.40. The lowest BCUT2D eigenvalue weighted by atomic mass is 9.91. The van der Waals surface area contributed by atoms with Gasteiger partial charge in [-0.05, 0) is 25.2 Å². The smallest absolute Gasteiger partial charge is 0.233 e. The van der Waals surface area contributed by atoms with E-state index in [0.29, 0.717) is 24.8 Å². The third-order valence-electron chi connectivity index (χ3n) is 4.71. The first-order valence-electron chi connectivity index (χ1n) is 8.52. The molecular weight excluding hydrogens is 324 g/mol. The Kier molecular flexibility index (Phi) is 6.74. The Morgan fingerprint density at radius 3 is 2.71 bits per heavy atom. The Hall–Kier alpha value is -1.47. The fraction of sp³-hybridized carbons (Fsp3) is 0.706. The predicted molar refractivity (Wildman–Crippen MR) is 95.9 cm³/mol. The number of hydrogen-bond acceptors (Lipinski definition) is 5. The van der Waals surface area contributed by atoms with Gasteiger partial charge in [-0.3, -0.25) is 14.5 Å². The SMILES string of the molecule is CNC(=O)CN1C[C@@H](NC(=O)CCc2scnc2C)[C@H](C(C)C)C1. The number of nitrogens with one attached hydrogen (secondary N) is 2. The third-order valence-corrected chi connectivity index (χ3v) is 5.71. The second kappa shape index (κ2) is 8.58. The van der Waals surface area contributed by atoms with Gasteiger partial charge in [0.2, 0.25) is 11.8 Å². The molecule has 2 amide bonds. The number of aromatic nitrogens is 1. The molecule has 0 radical (unpaired) electrons. The zero-order valence-electron chi connectivity index (χ0n) is 15.0. The van der Waals surface area contributed by atoms with E-state index in [4.69, 9.17) is 0 Å². The van der Waals surface area contributed by atoms with Crippen molar-refractivity contribution in [1.82, 2.24) is 20.5 Å². The molecule has 0 aromatic carbocycles. The minimum atomic E-state index is 0.0187. The maximum absolute atomic E-state index is 12.3. The number of carbonyl (C=O) groups excluding carboxylic acids is 2. The van der Waals surface area contributed by atoms with E-state index in [1.54, 1.807) is 18.4 Å². The van der Waals surface area contributed by atoms with E-state index in [1.165, 1.54) is 4.88 Å². The van der Waals surface area contributed by atoms with Crippen molar-refractivity contribution in [1.29, 1.82) is 0 Å². The molecule has 0 aliphatic carbocycles. The molecule has 0 spiro atoms. The standard InChI is InChI=1S/C17H28N4O2S/c1-11(2)13-7-21(9-17(23)18-4)8-14(13)20-16(22)6-5-15-12(3)19-10-24-15/h10-11,13-14H,5-9H2,1-4H3,(H,18,23)(H,20,22)/t13-,14+/m0/s1. The molecule has 1 aromatic heterocycles. The van der Waals surface area contributed by atoms with Crippen LogP contribution in [0.3, 0.4) is 0 Å². The number of nitrogens with zero attached hydrogens (tertiary/aromatic N) is 2. The van der Waals surface area contributed by atoms with E-state index in [9.17, 15) is 9.59 Å². The molecule has 0 bridgehead atoms. The van der Waals surface area contributed by atoms with Crippen LogP contribution in [0.4, 0.5) is 0 Å². The molecule has 0 saturated carbocycles. The summed E-state index contributed by atoms with van der Waals surface area (Å²) in [5.74, 6) is 0.947. The van der Waals surface area contributed by atoms with Gasteiger partial charge in [0.25, 0.3) is 0 Å². The van der Waals surface area contributed by atoms with E-state index < -0.39 is 0 Å². The predicted octanol–water partition coefficient (Wildman–Crippen LogP) is 1.20. The van der Waals surface area contributed by atoms with Gasteiger partial charge in [-0.1, -0.05) is 13.8 Å². The summed E-state index contributed by atoms with van der Waals surface area (Å²) in [6.07, 6.45) is 1.23. The molecule has 6 nitrogen and oxygen atoms in total. The number of hydrogen-bond donors (Lipinski definition) is 2. The summed E-state index contributed by atoms with van der Waals surface area (Å²) in [6.45, 7) is 8.31. The van der Waals surface area contributed by atoms with Crippen molar-refractivity contribution in [3.8, 4) is 0 Å². The van der Waals surface area contributed by atoms with Crippen molar-refractivity contribution < 1.29 is 9.59 Å². The minimum absolute atomic E-state index is 0.0187. The maximum atomic E-state index is 12.3. The first-order chi connectivity index (χ1) is 11.4. The van der Waals surface area contributed by atoms with Gasteiger partial charge < -0.3 is 10.6 Å². The summed E-state index contributed by atoms with van der Waals surface area (Å²) < 4.78 is 0. The van der Waals surface area contributed by atoms with Gasteiger partial charge >= 0.3 is 0 Å². The molecule has 2 N–H and O–H groups in total. The highest BCUT2D eigenvalue weighted by Gasteiger charge is 2.35. The lowest BCUT2D eigenvalue weighted by Crippen LogP contribution is -2.42. The van der Waals surface area contributed by atoms with Crippen LogP contribution in [0.15, 0.2) is 5.51 Å². The maximum Gasteiger partial charge on any atom is 0.233 e. The highest BCUT2D eigenvalue weighted by molar-refractivity contribution is 7.09. The second-order valence-electron chi connectivity index (χ2n) is 6.81. The second-order valence-corrected chi connectivity index (χ2v) is 7.75. The monoisotopic (exact) mass is 352 g/mol. The van der Waals surface area contributed by atoms with E-state index in [2.05, 4.69) is 34.4 Å². The van der Waals surface area contributed by atoms with Gasteiger partial charge in [-0.15, -0.1) is 11.3 Å². The van der Waals surface area contributed by atoms with Crippen molar-refractivity contribution in [3.63, 3.8) is 0 Å². The Bertz CT molecular complexity index is 573. The molecule has 7 heteroatoms. The Labute approximate surface area is 148 Å². The third kappa shape index (κ3) is 5.01.